The third kappa shape index (κ3) is 4.53. The molecule has 0 aliphatic heterocycles. The fourth-order valence-electron chi connectivity index (χ4n) is 1.32. The number of ether oxygens (including phenoxy) is 1. The first-order valence-corrected chi connectivity index (χ1v) is 5.69. The van der Waals surface area contributed by atoms with Crippen LogP contribution in [-0.2, 0) is 0 Å². The molecule has 16 heavy (non-hydrogen) atoms. The second-order valence-electron chi connectivity index (χ2n) is 3.76. The molecule has 3 nitrogen and oxygen atoms in total. The zero-order valence-electron chi connectivity index (χ0n) is 9.42. The molecule has 0 aliphatic rings. The minimum absolute atomic E-state index is 0.230. The van der Waals surface area contributed by atoms with Crippen LogP contribution in [0.3, 0.4) is 0 Å². The van der Waals surface area contributed by atoms with Gasteiger partial charge in [0.05, 0.1) is 17.5 Å². The van der Waals surface area contributed by atoms with Crippen LogP contribution in [0.5, 0.6) is 5.75 Å². The van der Waals surface area contributed by atoms with Crippen molar-refractivity contribution in [1.29, 1.82) is 5.41 Å². The van der Waals surface area contributed by atoms with E-state index >= 15 is 0 Å². The van der Waals surface area contributed by atoms with E-state index in [0.717, 1.165) is 24.2 Å². The number of hydrogen-bond acceptors (Lipinski definition) is 2. The Labute approximate surface area is 101 Å². The summed E-state index contributed by atoms with van der Waals surface area (Å²) < 4.78 is 5.53. The summed E-state index contributed by atoms with van der Waals surface area (Å²) in [5, 5.41) is 7.71. The standard InChI is InChI=1S/C12H17ClN2O/c1-9-5-6-11(10(13)8-9)16-7-3-2-4-12(14)15/h5-6,8H,2-4,7H2,1H3,(H3,14,15). The normalized spacial score (nSPS) is 10.1. The van der Waals surface area contributed by atoms with Gasteiger partial charge in [-0.1, -0.05) is 17.7 Å². The van der Waals surface area contributed by atoms with Crippen LogP contribution in [0.4, 0.5) is 0 Å². The molecule has 3 N–H and O–H groups in total. The number of aryl methyl sites for hydroxylation is 1. The van der Waals surface area contributed by atoms with E-state index in [2.05, 4.69) is 0 Å². The molecule has 0 saturated heterocycles. The molecule has 0 saturated carbocycles. The van der Waals surface area contributed by atoms with Gasteiger partial charge in [0.25, 0.3) is 0 Å². The van der Waals surface area contributed by atoms with Gasteiger partial charge in [-0.15, -0.1) is 0 Å². The molecule has 1 aromatic carbocycles. The summed E-state index contributed by atoms with van der Waals surface area (Å²) in [4.78, 5) is 0. The Bertz CT molecular complexity index is 366. The van der Waals surface area contributed by atoms with E-state index in [9.17, 15) is 0 Å². The van der Waals surface area contributed by atoms with E-state index in [1.807, 2.05) is 25.1 Å². The van der Waals surface area contributed by atoms with Crippen LogP contribution in [0.1, 0.15) is 24.8 Å². The Morgan fingerprint density at radius 3 is 2.81 bits per heavy atom. The third-order valence-electron chi connectivity index (χ3n) is 2.19. The molecule has 1 aromatic rings. The Balaban J connectivity index is 2.29. The quantitative estimate of drug-likeness (QED) is 0.456. The van der Waals surface area contributed by atoms with Crippen molar-refractivity contribution >= 4 is 17.4 Å². The first kappa shape index (κ1) is 12.8. The van der Waals surface area contributed by atoms with Crippen molar-refractivity contribution in [2.45, 2.75) is 26.2 Å². The zero-order chi connectivity index (χ0) is 12.0. The summed E-state index contributed by atoms with van der Waals surface area (Å²) in [6.45, 7) is 2.60. The monoisotopic (exact) mass is 240 g/mol. The topological polar surface area (TPSA) is 59.1 Å². The highest BCUT2D eigenvalue weighted by Crippen LogP contribution is 2.25. The molecule has 0 heterocycles. The van der Waals surface area contributed by atoms with Crippen LogP contribution < -0.4 is 10.5 Å². The highest BCUT2D eigenvalue weighted by molar-refractivity contribution is 6.32. The van der Waals surface area contributed by atoms with Gasteiger partial charge in [0.2, 0.25) is 0 Å². The van der Waals surface area contributed by atoms with Crippen molar-refractivity contribution in [3.63, 3.8) is 0 Å². The van der Waals surface area contributed by atoms with Crippen molar-refractivity contribution in [3.05, 3.63) is 28.8 Å². The average Bonchev–Trinajstić information content (AvgIpc) is 2.20. The molecule has 0 unspecified atom stereocenters. The Morgan fingerprint density at radius 1 is 1.44 bits per heavy atom. The molecule has 0 atom stereocenters. The molecule has 0 bridgehead atoms. The molecule has 88 valence electrons. The fraction of sp³-hybridized carbons (Fsp3) is 0.417. The lowest BCUT2D eigenvalue weighted by atomic mass is 10.2. The second kappa shape index (κ2) is 6.38. The van der Waals surface area contributed by atoms with Crippen molar-refractivity contribution in [2.75, 3.05) is 6.61 Å². The third-order valence-corrected chi connectivity index (χ3v) is 2.48. The van der Waals surface area contributed by atoms with Gasteiger partial charge in [0.15, 0.2) is 0 Å². The number of benzene rings is 1. The summed E-state index contributed by atoms with van der Waals surface area (Å²) in [7, 11) is 0. The highest BCUT2D eigenvalue weighted by atomic mass is 35.5. The summed E-state index contributed by atoms with van der Waals surface area (Å²) in [6.07, 6.45) is 2.38. The maximum absolute atomic E-state index is 7.07. The SMILES string of the molecule is Cc1ccc(OCCCCC(=N)N)c(Cl)c1. The predicted molar refractivity (Wildman–Crippen MR) is 67.4 cm³/mol. The number of nitrogens with one attached hydrogen (secondary N) is 1. The largest absolute Gasteiger partial charge is 0.492 e. The molecule has 1 rings (SSSR count). The van der Waals surface area contributed by atoms with E-state index in [4.69, 9.17) is 27.5 Å². The number of nitrogens with two attached hydrogens (primary N) is 1. The molecular formula is C12H17ClN2O. The Kier molecular flexibility index (Phi) is 5.12. The fourth-order valence-corrected chi connectivity index (χ4v) is 1.61. The van der Waals surface area contributed by atoms with Gasteiger partial charge < -0.3 is 10.5 Å². The molecule has 0 aromatic heterocycles. The van der Waals surface area contributed by atoms with Crippen LogP contribution in [0.2, 0.25) is 5.02 Å². The minimum atomic E-state index is 0.230. The molecule has 4 heteroatoms. The number of hydrogen-bond donors (Lipinski definition) is 2. The van der Waals surface area contributed by atoms with Crippen LogP contribution in [0, 0.1) is 12.3 Å². The van der Waals surface area contributed by atoms with Gasteiger partial charge in [-0.2, -0.15) is 0 Å². The zero-order valence-corrected chi connectivity index (χ0v) is 10.2. The van der Waals surface area contributed by atoms with Crippen molar-refractivity contribution in [1.82, 2.24) is 0 Å². The Hall–Kier alpha value is -1.22. The number of halogens is 1. The smallest absolute Gasteiger partial charge is 0.137 e. The summed E-state index contributed by atoms with van der Waals surface area (Å²) >= 11 is 6.01. The number of unbranched alkanes of at least 4 members (excludes halogenated alkanes) is 1. The lowest BCUT2D eigenvalue weighted by Crippen LogP contribution is -2.09. The minimum Gasteiger partial charge on any atom is -0.492 e. The van der Waals surface area contributed by atoms with E-state index in [-0.39, 0.29) is 5.84 Å². The maximum Gasteiger partial charge on any atom is 0.137 e. The van der Waals surface area contributed by atoms with E-state index in [1.54, 1.807) is 0 Å². The molecule has 0 amide bonds. The van der Waals surface area contributed by atoms with Crippen molar-refractivity contribution in [2.24, 2.45) is 5.73 Å². The second-order valence-corrected chi connectivity index (χ2v) is 4.17. The lowest BCUT2D eigenvalue weighted by Gasteiger charge is -2.08. The summed E-state index contributed by atoms with van der Waals surface area (Å²) in [6, 6.07) is 5.73. The number of rotatable bonds is 6. The first-order chi connectivity index (χ1) is 7.59. The molecular weight excluding hydrogens is 224 g/mol. The molecule has 0 aliphatic carbocycles. The van der Waals surface area contributed by atoms with Gasteiger partial charge in [0.1, 0.15) is 5.75 Å². The van der Waals surface area contributed by atoms with Crippen LogP contribution >= 0.6 is 11.6 Å². The average molecular weight is 241 g/mol. The summed E-state index contributed by atoms with van der Waals surface area (Å²) in [5.41, 5.74) is 6.37. The molecule has 0 radical (unpaired) electrons. The summed E-state index contributed by atoms with van der Waals surface area (Å²) in [5.74, 6) is 0.948. The van der Waals surface area contributed by atoms with Gasteiger partial charge in [-0.05, 0) is 37.5 Å². The maximum atomic E-state index is 7.07. The van der Waals surface area contributed by atoms with Crippen LogP contribution in [0.25, 0.3) is 0 Å². The van der Waals surface area contributed by atoms with Crippen molar-refractivity contribution < 1.29 is 4.74 Å². The lowest BCUT2D eigenvalue weighted by molar-refractivity contribution is 0.308. The highest BCUT2D eigenvalue weighted by Gasteiger charge is 2.01. The van der Waals surface area contributed by atoms with Gasteiger partial charge in [0, 0.05) is 6.42 Å². The van der Waals surface area contributed by atoms with E-state index in [1.165, 1.54) is 0 Å². The van der Waals surface area contributed by atoms with E-state index in [0.29, 0.717) is 18.1 Å². The van der Waals surface area contributed by atoms with E-state index < -0.39 is 0 Å². The van der Waals surface area contributed by atoms with Crippen LogP contribution in [-0.4, -0.2) is 12.4 Å². The van der Waals surface area contributed by atoms with Gasteiger partial charge in [-0.3, -0.25) is 5.41 Å². The molecule has 0 spiro atoms. The van der Waals surface area contributed by atoms with Crippen LogP contribution in [0.15, 0.2) is 18.2 Å². The van der Waals surface area contributed by atoms with Crippen molar-refractivity contribution in [3.8, 4) is 5.75 Å². The van der Waals surface area contributed by atoms with Gasteiger partial charge >= 0.3 is 0 Å². The Morgan fingerprint density at radius 2 is 2.19 bits per heavy atom. The predicted octanol–water partition coefficient (Wildman–Crippen LogP) is 3.13. The van der Waals surface area contributed by atoms with Gasteiger partial charge in [-0.25, -0.2) is 0 Å². The first-order valence-electron chi connectivity index (χ1n) is 5.31. The molecule has 0 fully saturated rings. The number of amidine groups is 1.